The van der Waals surface area contributed by atoms with E-state index in [0.717, 1.165) is 22.6 Å². The van der Waals surface area contributed by atoms with Crippen molar-refractivity contribution in [1.29, 1.82) is 0 Å². The summed E-state index contributed by atoms with van der Waals surface area (Å²) in [5.41, 5.74) is 1.10. The number of fused-ring (bicyclic) bond motifs is 4. The van der Waals surface area contributed by atoms with Crippen molar-refractivity contribution in [3.8, 4) is 0 Å². The lowest BCUT2D eigenvalue weighted by molar-refractivity contribution is -0.384. The Bertz CT molecular complexity index is 1290. The zero-order valence-corrected chi connectivity index (χ0v) is 19.0. The molecule has 2 fully saturated rings. The molecule has 3 unspecified atom stereocenters. The van der Waals surface area contributed by atoms with Gasteiger partial charge in [0.25, 0.3) is 5.69 Å². The number of amides is 1. The predicted molar refractivity (Wildman–Crippen MR) is 128 cm³/mol. The fraction of sp³-hybridized carbons (Fsp3) is 0.250. The van der Waals surface area contributed by atoms with E-state index in [1.807, 2.05) is 41.8 Å². The molecule has 7 nitrogen and oxygen atoms in total. The van der Waals surface area contributed by atoms with E-state index in [-0.39, 0.29) is 29.3 Å². The standard InChI is InChI=1S/C24H19N3O4S2/c28-22(19-9-4-10-33-19)21-20(14-5-3-6-15(11-14)27(30)31)18-12-32-13-26(18)24(21)16-7-1-2-8-17(16)25-23(24)29/h1-11,18,20-21H,12-13H2,(H,25,29)/t18?,20?,21?,24-/m1/s1. The van der Waals surface area contributed by atoms with Gasteiger partial charge in [-0.25, -0.2) is 0 Å². The second kappa shape index (κ2) is 7.51. The molecule has 0 radical (unpaired) electrons. The van der Waals surface area contributed by atoms with E-state index in [2.05, 4.69) is 10.2 Å². The number of hydrogen-bond acceptors (Lipinski definition) is 7. The second-order valence-electron chi connectivity index (χ2n) is 8.50. The molecule has 1 N–H and O–H groups in total. The van der Waals surface area contributed by atoms with Crippen molar-refractivity contribution in [2.45, 2.75) is 17.5 Å². The fourth-order valence-electron chi connectivity index (χ4n) is 5.82. The largest absolute Gasteiger partial charge is 0.324 e. The lowest BCUT2D eigenvalue weighted by Gasteiger charge is -2.36. The summed E-state index contributed by atoms with van der Waals surface area (Å²) in [5.74, 6) is 0.0242. The van der Waals surface area contributed by atoms with Gasteiger partial charge >= 0.3 is 0 Å². The third kappa shape index (κ3) is 2.79. The number of rotatable bonds is 4. The molecule has 0 bridgehead atoms. The minimum Gasteiger partial charge on any atom is -0.324 e. The number of benzene rings is 2. The maximum Gasteiger partial charge on any atom is 0.269 e. The summed E-state index contributed by atoms with van der Waals surface area (Å²) in [4.78, 5) is 41.8. The van der Waals surface area contributed by atoms with E-state index in [4.69, 9.17) is 0 Å². The minimum absolute atomic E-state index is 0.00996. The number of non-ortho nitro benzene ring substituents is 1. The molecule has 166 valence electrons. The first-order valence-electron chi connectivity index (χ1n) is 10.6. The average molecular weight is 478 g/mol. The number of Topliss-reactive ketones (excluding diaryl/α,β-unsaturated/α-hetero) is 1. The van der Waals surface area contributed by atoms with E-state index < -0.39 is 16.4 Å². The lowest BCUT2D eigenvalue weighted by Crippen LogP contribution is -2.52. The Morgan fingerprint density at radius 3 is 2.79 bits per heavy atom. The van der Waals surface area contributed by atoms with Gasteiger partial charge in [0.05, 0.1) is 15.7 Å². The number of nitro groups is 1. The molecule has 4 atom stereocenters. The molecule has 0 saturated carbocycles. The quantitative estimate of drug-likeness (QED) is 0.339. The highest BCUT2D eigenvalue weighted by Gasteiger charge is 2.69. The van der Waals surface area contributed by atoms with Gasteiger partial charge in [0.15, 0.2) is 5.78 Å². The molecular formula is C24H19N3O4S2. The molecule has 1 spiro atoms. The molecule has 4 heterocycles. The van der Waals surface area contributed by atoms with Crippen LogP contribution in [0.4, 0.5) is 11.4 Å². The Morgan fingerprint density at radius 2 is 2.00 bits per heavy atom. The number of carbonyl (C=O) groups excluding carboxylic acids is 2. The predicted octanol–water partition coefficient (Wildman–Crippen LogP) is 4.48. The summed E-state index contributed by atoms with van der Waals surface area (Å²) >= 11 is 3.09. The van der Waals surface area contributed by atoms with Gasteiger partial charge in [-0.05, 0) is 23.1 Å². The number of nitrogens with zero attached hydrogens (tertiary/aromatic N) is 2. The summed E-state index contributed by atoms with van der Waals surface area (Å²) in [6.45, 7) is 0. The van der Waals surface area contributed by atoms with Crippen molar-refractivity contribution in [3.05, 3.63) is 92.2 Å². The third-order valence-electron chi connectivity index (χ3n) is 7.04. The highest BCUT2D eigenvalue weighted by molar-refractivity contribution is 7.99. The Balaban J connectivity index is 1.62. The molecule has 1 aromatic heterocycles. The van der Waals surface area contributed by atoms with Crippen molar-refractivity contribution in [2.75, 3.05) is 16.9 Å². The van der Waals surface area contributed by atoms with Crippen molar-refractivity contribution in [2.24, 2.45) is 5.92 Å². The number of thioether (sulfide) groups is 1. The summed E-state index contributed by atoms with van der Waals surface area (Å²) in [7, 11) is 0. The minimum atomic E-state index is -1.15. The smallest absolute Gasteiger partial charge is 0.269 e. The number of anilines is 1. The van der Waals surface area contributed by atoms with Gasteiger partial charge in [-0.3, -0.25) is 24.6 Å². The zero-order valence-electron chi connectivity index (χ0n) is 17.3. The topological polar surface area (TPSA) is 92.5 Å². The van der Waals surface area contributed by atoms with Crippen LogP contribution in [0.25, 0.3) is 0 Å². The first-order valence-corrected chi connectivity index (χ1v) is 12.6. The highest BCUT2D eigenvalue weighted by atomic mass is 32.2. The summed E-state index contributed by atoms with van der Waals surface area (Å²) in [6, 6.07) is 17.6. The number of para-hydroxylation sites is 1. The number of ketones is 1. The first-order chi connectivity index (χ1) is 16.0. The maximum atomic E-state index is 14.1. The maximum absolute atomic E-state index is 14.1. The number of carbonyl (C=O) groups is 2. The van der Waals surface area contributed by atoms with Crippen LogP contribution in [0.5, 0.6) is 0 Å². The van der Waals surface area contributed by atoms with E-state index in [9.17, 15) is 19.7 Å². The zero-order chi connectivity index (χ0) is 22.7. The van der Waals surface area contributed by atoms with Gasteiger partial charge in [-0.1, -0.05) is 36.4 Å². The van der Waals surface area contributed by atoms with Crippen LogP contribution >= 0.6 is 23.1 Å². The first kappa shape index (κ1) is 20.6. The Labute approximate surface area is 197 Å². The Hall–Kier alpha value is -3.01. The van der Waals surface area contributed by atoms with Crippen LogP contribution in [-0.2, 0) is 10.3 Å². The summed E-state index contributed by atoms with van der Waals surface area (Å²) in [6.07, 6.45) is 0. The molecule has 3 aliphatic rings. The summed E-state index contributed by atoms with van der Waals surface area (Å²) < 4.78 is 0. The highest BCUT2D eigenvalue weighted by Crippen LogP contribution is 2.61. The molecular weight excluding hydrogens is 458 g/mol. The van der Waals surface area contributed by atoms with Crippen LogP contribution < -0.4 is 5.32 Å². The van der Waals surface area contributed by atoms with E-state index in [1.54, 1.807) is 30.0 Å². The van der Waals surface area contributed by atoms with Crippen LogP contribution in [0.1, 0.15) is 26.7 Å². The number of hydrogen-bond donors (Lipinski definition) is 1. The third-order valence-corrected chi connectivity index (χ3v) is 8.96. The van der Waals surface area contributed by atoms with Crippen molar-refractivity contribution in [3.63, 3.8) is 0 Å². The van der Waals surface area contributed by atoms with Crippen molar-refractivity contribution >= 4 is 46.2 Å². The van der Waals surface area contributed by atoms with Gasteiger partial charge in [-0.2, -0.15) is 0 Å². The van der Waals surface area contributed by atoms with Gasteiger partial charge in [-0.15, -0.1) is 23.1 Å². The van der Waals surface area contributed by atoms with Crippen LogP contribution in [0.2, 0.25) is 0 Å². The monoisotopic (exact) mass is 477 g/mol. The number of thiophene rings is 1. The van der Waals surface area contributed by atoms with E-state index in [1.165, 1.54) is 17.4 Å². The molecule has 6 rings (SSSR count). The van der Waals surface area contributed by atoms with E-state index in [0.29, 0.717) is 10.8 Å². The molecule has 3 aliphatic heterocycles. The normalized spacial score (nSPS) is 28.0. The SMILES string of the molecule is O=C(c1cccs1)C1C(c2cccc([N+](=O)[O-])c2)C2CSCN2[C@@]12C(=O)Nc1ccccc12. The lowest BCUT2D eigenvalue weighted by atomic mass is 9.70. The second-order valence-corrected chi connectivity index (χ2v) is 10.4. The van der Waals surface area contributed by atoms with Gasteiger partial charge in [0.1, 0.15) is 5.54 Å². The number of nitro benzene ring substituents is 1. The molecule has 0 aliphatic carbocycles. The van der Waals surface area contributed by atoms with Crippen molar-refractivity contribution in [1.82, 2.24) is 4.90 Å². The molecule has 1 amide bonds. The van der Waals surface area contributed by atoms with Crippen LogP contribution in [0.3, 0.4) is 0 Å². The van der Waals surface area contributed by atoms with E-state index >= 15 is 0 Å². The Morgan fingerprint density at radius 1 is 1.15 bits per heavy atom. The Kier molecular flexibility index (Phi) is 4.69. The summed E-state index contributed by atoms with van der Waals surface area (Å²) in [5, 5.41) is 16.4. The molecule has 3 aromatic rings. The van der Waals surface area contributed by atoms with Gasteiger partial charge in [0, 0.05) is 47.0 Å². The average Bonchev–Trinajstić information content (AvgIpc) is 3.59. The van der Waals surface area contributed by atoms with Crippen LogP contribution in [-0.4, -0.2) is 39.2 Å². The molecule has 33 heavy (non-hydrogen) atoms. The van der Waals surface area contributed by atoms with Crippen LogP contribution in [0, 0.1) is 16.0 Å². The number of nitrogens with one attached hydrogen (secondary N) is 1. The molecule has 2 saturated heterocycles. The molecule has 9 heteroatoms. The van der Waals surface area contributed by atoms with Crippen molar-refractivity contribution < 1.29 is 14.5 Å². The fourth-order valence-corrected chi connectivity index (χ4v) is 7.85. The van der Waals surface area contributed by atoms with Crippen LogP contribution in [0.15, 0.2) is 66.0 Å². The van der Waals surface area contributed by atoms with Gasteiger partial charge in [0.2, 0.25) is 5.91 Å². The molecule has 2 aromatic carbocycles. The van der Waals surface area contributed by atoms with Gasteiger partial charge < -0.3 is 5.32 Å².